The van der Waals surface area contributed by atoms with Crippen molar-refractivity contribution < 1.29 is 0 Å². The molecule has 1 aliphatic carbocycles. The summed E-state index contributed by atoms with van der Waals surface area (Å²) in [7, 11) is 0. The molecule has 1 aromatic rings. The minimum Gasteiger partial charge on any atom is -0.119 e. The van der Waals surface area contributed by atoms with Crippen molar-refractivity contribution in [1.82, 2.24) is 0 Å². The van der Waals surface area contributed by atoms with Gasteiger partial charge in [0.2, 0.25) is 0 Å². The van der Waals surface area contributed by atoms with E-state index in [1.54, 1.807) is 0 Å². The fraction of sp³-hybridized carbons (Fsp3) is 0.467. The van der Waals surface area contributed by atoms with E-state index in [4.69, 9.17) is 6.42 Å². The highest BCUT2D eigenvalue weighted by molar-refractivity contribution is 5.44. The molecule has 0 saturated heterocycles. The lowest BCUT2D eigenvalue weighted by molar-refractivity contribution is 0.637. The molecule has 0 N–H and O–H groups in total. The maximum Gasteiger partial charge on any atom is 0.0506 e. The van der Waals surface area contributed by atoms with E-state index in [1.807, 2.05) is 0 Å². The van der Waals surface area contributed by atoms with Crippen LogP contribution < -0.4 is 0 Å². The number of aryl methyl sites for hydroxylation is 1. The molecule has 78 valence electrons. The monoisotopic (exact) mass is 198 g/mol. The van der Waals surface area contributed by atoms with Crippen molar-refractivity contribution in [3.05, 3.63) is 34.9 Å². The highest BCUT2D eigenvalue weighted by Crippen LogP contribution is 2.32. The van der Waals surface area contributed by atoms with Gasteiger partial charge >= 0.3 is 0 Å². The summed E-state index contributed by atoms with van der Waals surface area (Å²) < 4.78 is 0. The Labute approximate surface area is 92.7 Å². The van der Waals surface area contributed by atoms with E-state index < -0.39 is 0 Å². The van der Waals surface area contributed by atoms with Crippen LogP contribution >= 0.6 is 0 Å². The molecule has 0 atom stereocenters. The zero-order chi connectivity index (χ0) is 10.9. The predicted molar refractivity (Wildman–Crippen MR) is 64.9 cm³/mol. The van der Waals surface area contributed by atoms with Crippen LogP contribution in [0.25, 0.3) is 0 Å². The summed E-state index contributed by atoms with van der Waals surface area (Å²) in [4.78, 5) is 0. The van der Waals surface area contributed by atoms with Crippen LogP contribution in [0.3, 0.4) is 0 Å². The molecule has 0 spiro atoms. The second-order valence-electron chi connectivity index (χ2n) is 4.92. The van der Waals surface area contributed by atoms with E-state index in [2.05, 4.69) is 38.0 Å². The van der Waals surface area contributed by atoms with Crippen LogP contribution in [-0.2, 0) is 18.3 Å². The summed E-state index contributed by atoms with van der Waals surface area (Å²) in [6.07, 6.45) is 10.7. The molecule has 0 amide bonds. The average Bonchev–Trinajstić information content (AvgIpc) is 2.28. The molecule has 0 bridgehead atoms. The molecule has 0 aromatic heterocycles. The lowest BCUT2D eigenvalue weighted by atomic mass is 9.77. The van der Waals surface area contributed by atoms with Crippen molar-refractivity contribution in [3.63, 3.8) is 0 Å². The van der Waals surface area contributed by atoms with Gasteiger partial charge in [-0.25, -0.2) is 0 Å². The quantitative estimate of drug-likeness (QED) is 0.606. The van der Waals surface area contributed by atoms with Gasteiger partial charge < -0.3 is 0 Å². The minimum absolute atomic E-state index is 0.122. The maximum absolute atomic E-state index is 5.62. The van der Waals surface area contributed by atoms with Crippen LogP contribution in [-0.4, -0.2) is 0 Å². The van der Waals surface area contributed by atoms with E-state index in [0.717, 1.165) is 0 Å². The van der Waals surface area contributed by atoms with Crippen molar-refractivity contribution in [1.29, 1.82) is 0 Å². The van der Waals surface area contributed by atoms with Gasteiger partial charge in [0.25, 0.3) is 0 Å². The first-order valence-corrected chi connectivity index (χ1v) is 5.74. The van der Waals surface area contributed by atoms with E-state index in [0.29, 0.717) is 0 Å². The Hall–Kier alpha value is -1.22. The van der Waals surface area contributed by atoms with Gasteiger partial charge in [0.1, 0.15) is 0 Å². The van der Waals surface area contributed by atoms with Crippen molar-refractivity contribution in [3.8, 4) is 12.3 Å². The Morgan fingerprint density at radius 1 is 1.20 bits per heavy atom. The van der Waals surface area contributed by atoms with E-state index >= 15 is 0 Å². The molecule has 15 heavy (non-hydrogen) atoms. The second kappa shape index (κ2) is 3.74. The van der Waals surface area contributed by atoms with Gasteiger partial charge in [-0.3, -0.25) is 0 Å². The van der Waals surface area contributed by atoms with Gasteiger partial charge in [-0.05, 0) is 56.2 Å². The lowest BCUT2D eigenvalue weighted by Crippen LogP contribution is -2.19. The summed E-state index contributed by atoms with van der Waals surface area (Å²) >= 11 is 0. The van der Waals surface area contributed by atoms with Gasteiger partial charge in [-0.15, -0.1) is 6.42 Å². The Morgan fingerprint density at radius 2 is 1.93 bits per heavy atom. The molecule has 0 heteroatoms. The van der Waals surface area contributed by atoms with Crippen molar-refractivity contribution in [2.75, 3.05) is 0 Å². The van der Waals surface area contributed by atoms with Gasteiger partial charge in [-0.1, -0.05) is 24.1 Å². The van der Waals surface area contributed by atoms with Gasteiger partial charge in [0.15, 0.2) is 0 Å². The van der Waals surface area contributed by atoms with Crippen LogP contribution in [0.15, 0.2) is 18.2 Å². The Bertz CT molecular complexity index is 405. The molecule has 1 aliphatic rings. The summed E-state index contributed by atoms with van der Waals surface area (Å²) in [5, 5.41) is 0. The van der Waals surface area contributed by atoms with Gasteiger partial charge in [0, 0.05) is 0 Å². The summed E-state index contributed by atoms with van der Waals surface area (Å²) in [5.41, 5.74) is 4.28. The number of rotatable bonds is 1. The first-order chi connectivity index (χ1) is 7.15. The molecule has 0 fully saturated rings. The van der Waals surface area contributed by atoms with E-state index in [-0.39, 0.29) is 5.41 Å². The number of benzene rings is 1. The smallest absolute Gasteiger partial charge is 0.0506 e. The normalized spacial score (nSPS) is 15.5. The predicted octanol–water partition coefficient (Wildman–Crippen LogP) is 3.48. The maximum atomic E-state index is 5.62. The molecule has 1 aromatic carbocycles. The third-order valence-electron chi connectivity index (χ3n) is 3.43. The Morgan fingerprint density at radius 3 is 2.67 bits per heavy atom. The molecular weight excluding hydrogens is 180 g/mol. The third kappa shape index (κ3) is 1.79. The van der Waals surface area contributed by atoms with Crippen LogP contribution in [0, 0.1) is 12.3 Å². The highest BCUT2D eigenvalue weighted by Gasteiger charge is 2.23. The third-order valence-corrected chi connectivity index (χ3v) is 3.43. The molecule has 0 heterocycles. The summed E-state index contributed by atoms with van der Waals surface area (Å²) in [6, 6.07) is 6.60. The van der Waals surface area contributed by atoms with E-state index in [9.17, 15) is 0 Å². The van der Waals surface area contributed by atoms with Crippen LogP contribution in [0.2, 0.25) is 0 Å². The average molecular weight is 198 g/mol. The van der Waals surface area contributed by atoms with E-state index in [1.165, 1.54) is 42.4 Å². The summed E-state index contributed by atoms with van der Waals surface area (Å²) in [5.74, 6) is 2.91. The summed E-state index contributed by atoms with van der Waals surface area (Å²) in [6.45, 7) is 4.27. The Kier molecular flexibility index (Phi) is 2.57. The standard InChI is InChI=1S/C15H18/c1-4-15(2,3)14-11-7-9-12-8-5-6-10-13(12)14/h1,7,9,11H,5-6,8,10H2,2-3H3. The topological polar surface area (TPSA) is 0 Å². The largest absolute Gasteiger partial charge is 0.119 e. The van der Waals surface area contributed by atoms with Gasteiger partial charge in [0.05, 0.1) is 5.41 Å². The molecule has 0 aliphatic heterocycles. The van der Waals surface area contributed by atoms with Crippen LogP contribution in [0.5, 0.6) is 0 Å². The van der Waals surface area contributed by atoms with Crippen molar-refractivity contribution >= 4 is 0 Å². The molecule has 0 saturated carbocycles. The van der Waals surface area contributed by atoms with Crippen molar-refractivity contribution in [2.45, 2.75) is 44.9 Å². The fourth-order valence-corrected chi connectivity index (χ4v) is 2.44. The molecule has 0 radical (unpaired) electrons. The second-order valence-corrected chi connectivity index (χ2v) is 4.92. The number of hydrogen-bond acceptors (Lipinski definition) is 0. The van der Waals surface area contributed by atoms with Crippen LogP contribution in [0.1, 0.15) is 43.4 Å². The minimum atomic E-state index is -0.122. The molecular formula is C15H18. The first-order valence-electron chi connectivity index (χ1n) is 5.74. The van der Waals surface area contributed by atoms with Gasteiger partial charge in [-0.2, -0.15) is 0 Å². The molecule has 0 unspecified atom stereocenters. The number of hydrogen-bond donors (Lipinski definition) is 0. The highest BCUT2D eigenvalue weighted by atomic mass is 14.3. The molecule has 0 nitrogen and oxygen atoms in total. The van der Waals surface area contributed by atoms with Crippen molar-refractivity contribution in [2.24, 2.45) is 0 Å². The lowest BCUT2D eigenvalue weighted by Gasteiger charge is -2.26. The number of terminal acetylenes is 1. The molecule has 2 rings (SSSR count). The zero-order valence-electron chi connectivity index (χ0n) is 9.64. The fourth-order valence-electron chi connectivity index (χ4n) is 2.44. The SMILES string of the molecule is C#CC(C)(C)c1cccc2c1CCCC2. The number of fused-ring (bicyclic) bond motifs is 1. The zero-order valence-corrected chi connectivity index (χ0v) is 9.64. The first kappa shape index (κ1) is 10.3. The van der Waals surface area contributed by atoms with Crippen LogP contribution in [0.4, 0.5) is 0 Å². The Balaban J connectivity index is 2.54.